The molecule has 5 heteroatoms. The Kier molecular flexibility index (Phi) is 4.22. The molecule has 0 fully saturated rings. The van der Waals surface area contributed by atoms with Crippen molar-refractivity contribution in [2.24, 2.45) is 4.99 Å². The summed E-state index contributed by atoms with van der Waals surface area (Å²) in [6.07, 6.45) is 1.69. The van der Waals surface area contributed by atoms with Crippen molar-refractivity contribution in [1.29, 1.82) is 0 Å². The number of benzene rings is 2. The fourth-order valence-electron chi connectivity index (χ4n) is 2.95. The molecule has 2 aromatic rings. The minimum Gasteiger partial charge on any atom is -0.486 e. The Morgan fingerprint density at radius 2 is 1.67 bits per heavy atom. The maximum absolute atomic E-state index is 12.2. The quantitative estimate of drug-likeness (QED) is 0.595. The van der Waals surface area contributed by atoms with E-state index in [-0.39, 0.29) is 11.1 Å². The minimum absolute atomic E-state index is 0.0655. The summed E-state index contributed by atoms with van der Waals surface area (Å²) in [6.45, 7) is 7.53. The van der Waals surface area contributed by atoms with E-state index < -0.39 is 5.97 Å². The summed E-state index contributed by atoms with van der Waals surface area (Å²) in [6, 6.07) is 13.5. The zero-order valence-electron chi connectivity index (χ0n) is 15.6. The van der Waals surface area contributed by atoms with E-state index >= 15 is 0 Å². The van der Waals surface area contributed by atoms with Crippen LogP contribution in [0.5, 0.6) is 11.5 Å². The number of carbonyl (C=O) groups excluding carboxylic acids is 1. The monoisotopic (exact) mass is 363 g/mol. The van der Waals surface area contributed by atoms with Gasteiger partial charge in [-0.2, -0.15) is 0 Å². The van der Waals surface area contributed by atoms with Gasteiger partial charge in [0.05, 0.1) is 0 Å². The molecule has 0 aliphatic carbocycles. The molecule has 0 unspecified atom stereocenters. The first-order valence-electron chi connectivity index (χ1n) is 8.93. The molecular formula is C22H21NO4. The van der Waals surface area contributed by atoms with Gasteiger partial charge in [0.2, 0.25) is 5.90 Å². The average molecular weight is 363 g/mol. The van der Waals surface area contributed by atoms with Crippen molar-refractivity contribution in [3.05, 3.63) is 64.9 Å². The van der Waals surface area contributed by atoms with E-state index in [4.69, 9.17) is 14.2 Å². The van der Waals surface area contributed by atoms with Gasteiger partial charge in [-0.25, -0.2) is 9.79 Å². The van der Waals surface area contributed by atoms with Crippen LogP contribution in [0.2, 0.25) is 0 Å². The lowest BCUT2D eigenvalue weighted by Gasteiger charge is -2.18. The standard InChI is InChI=1S/C22H21NO4/c1-22(2,3)16-7-5-15(6-8-16)20-23-17(21(24)27-20)12-14-4-9-18-19(13-14)26-11-10-25-18/h4-9,12-13H,10-11H2,1-3H3. The van der Waals surface area contributed by atoms with Gasteiger partial charge in [-0.3, -0.25) is 0 Å². The van der Waals surface area contributed by atoms with E-state index in [1.165, 1.54) is 5.56 Å². The molecule has 0 bridgehead atoms. The molecule has 5 nitrogen and oxygen atoms in total. The van der Waals surface area contributed by atoms with Gasteiger partial charge in [-0.1, -0.05) is 39.0 Å². The zero-order chi connectivity index (χ0) is 19.0. The molecular weight excluding hydrogens is 342 g/mol. The van der Waals surface area contributed by atoms with Crippen molar-refractivity contribution < 1.29 is 19.0 Å². The lowest BCUT2D eigenvalue weighted by molar-refractivity contribution is -0.129. The number of nitrogens with zero attached hydrogens (tertiary/aromatic N) is 1. The van der Waals surface area contributed by atoms with Crippen LogP contribution in [0.15, 0.2) is 53.2 Å². The summed E-state index contributed by atoms with van der Waals surface area (Å²) in [7, 11) is 0. The third-order valence-corrected chi connectivity index (χ3v) is 4.49. The molecule has 0 aromatic heterocycles. The van der Waals surface area contributed by atoms with Crippen LogP contribution in [-0.4, -0.2) is 25.1 Å². The van der Waals surface area contributed by atoms with E-state index in [0.29, 0.717) is 30.6 Å². The van der Waals surface area contributed by atoms with Gasteiger partial charge in [0, 0.05) is 5.56 Å². The number of carbonyl (C=O) groups is 1. The van der Waals surface area contributed by atoms with E-state index in [9.17, 15) is 4.79 Å². The molecule has 0 atom stereocenters. The average Bonchev–Trinajstić information content (AvgIpc) is 3.01. The molecule has 0 spiro atoms. The molecule has 0 radical (unpaired) electrons. The van der Waals surface area contributed by atoms with E-state index in [2.05, 4.69) is 25.8 Å². The van der Waals surface area contributed by atoms with Gasteiger partial charge in [0.1, 0.15) is 13.2 Å². The number of rotatable bonds is 2. The van der Waals surface area contributed by atoms with Crippen molar-refractivity contribution in [3.63, 3.8) is 0 Å². The number of fused-ring (bicyclic) bond motifs is 1. The van der Waals surface area contributed by atoms with Gasteiger partial charge < -0.3 is 14.2 Å². The normalized spacial score (nSPS) is 17.7. The summed E-state index contributed by atoms with van der Waals surface area (Å²) in [5, 5.41) is 0. The van der Waals surface area contributed by atoms with Crippen molar-refractivity contribution in [1.82, 2.24) is 0 Å². The second-order valence-electron chi connectivity index (χ2n) is 7.57. The number of ether oxygens (including phenoxy) is 3. The molecule has 2 aromatic carbocycles. The van der Waals surface area contributed by atoms with Crippen molar-refractivity contribution in [3.8, 4) is 11.5 Å². The Labute approximate surface area is 158 Å². The smallest absolute Gasteiger partial charge is 0.363 e. The minimum atomic E-state index is -0.459. The Morgan fingerprint density at radius 1 is 0.963 bits per heavy atom. The maximum Gasteiger partial charge on any atom is 0.363 e. The van der Waals surface area contributed by atoms with Gasteiger partial charge in [-0.15, -0.1) is 0 Å². The fourth-order valence-corrected chi connectivity index (χ4v) is 2.95. The summed E-state index contributed by atoms with van der Waals surface area (Å²) >= 11 is 0. The molecule has 2 aliphatic rings. The molecule has 0 amide bonds. The highest BCUT2D eigenvalue weighted by Crippen LogP contribution is 2.32. The summed E-state index contributed by atoms with van der Waals surface area (Å²) in [4.78, 5) is 16.6. The summed E-state index contributed by atoms with van der Waals surface area (Å²) in [5.41, 5.74) is 3.13. The third-order valence-electron chi connectivity index (χ3n) is 4.49. The van der Waals surface area contributed by atoms with Crippen LogP contribution in [0.4, 0.5) is 0 Å². The van der Waals surface area contributed by atoms with Crippen molar-refractivity contribution in [2.45, 2.75) is 26.2 Å². The predicted molar refractivity (Wildman–Crippen MR) is 103 cm³/mol. The van der Waals surface area contributed by atoms with E-state index in [1.807, 2.05) is 42.5 Å². The van der Waals surface area contributed by atoms with Crippen LogP contribution < -0.4 is 9.47 Å². The predicted octanol–water partition coefficient (Wildman–Crippen LogP) is 4.10. The van der Waals surface area contributed by atoms with Crippen molar-refractivity contribution >= 4 is 17.9 Å². The van der Waals surface area contributed by atoms with Crippen LogP contribution in [0.25, 0.3) is 6.08 Å². The third kappa shape index (κ3) is 3.58. The van der Waals surface area contributed by atoms with Crippen LogP contribution in [-0.2, 0) is 14.9 Å². The first-order valence-corrected chi connectivity index (χ1v) is 8.93. The molecule has 2 aliphatic heterocycles. The van der Waals surface area contributed by atoms with E-state index in [1.54, 1.807) is 6.08 Å². The van der Waals surface area contributed by atoms with Gasteiger partial charge in [0.15, 0.2) is 17.2 Å². The Morgan fingerprint density at radius 3 is 2.37 bits per heavy atom. The molecule has 4 rings (SSSR count). The molecule has 0 saturated heterocycles. The largest absolute Gasteiger partial charge is 0.486 e. The Balaban J connectivity index is 1.60. The second-order valence-corrected chi connectivity index (χ2v) is 7.57. The highest BCUT2D eigenvalue weighted by Gasteiger charge is 2.25. The van der Waals surface area contributed by atoms with Gasteiger partial charge in [0.25, 0.3) is 0 Å². The van der Waals surface area contributed by atoms with Crippen LogP contribution in [0.1, 0.15) is 37.5 Å². The zero-order valence-corrected chi connectivity index (χ0v) is 15.6. The van der Waals surface area contributed by atoms with Gasteiger partial charge >= 0.3 is 5.97 Å². The van der Waals surface area contributed by atoms with Crippen LogP contribution >= 0.6 is 0 Å². The number of hydrogen-bond donors (Lipinski definition) is 0. The second kappa shape index (κ2) is 6.58. The van der Waals surface area contributed by atoms with Crippen LogP contribution in [0, 0.1) is 0 Å². The first-order chi connectivity index (χ1) is 12.9. The number of hydrogen-bond acceptors (Lipinski definition) is 5. The Bertz CT molecular complexity index is 949. The van der Waals surface area contributed by atoms with Crippen molar-refractivity contribution in [2.75, 3.05) is 13.2 Å². The highest BCUT2D eigenvalue weighted by atomic mass is 16.6. The maximum atomic E-state index is 12.2. The van der Waals surface area contributed by atoms with Crippen LogP contribution in [0.3, 0.4) is 0 Å². The number of esters is 1. The first kappa shape index (κ1) is 17.3. The SMILES string of the molecule is CC(C)(C)c1ccc(C2=NC(=Cc3ccc4c(c3)OCCO4)C(=O)O2)cc1. The lowest BCUT2D eigenvalue weighted by atomic mass is 9.87. The summed E-state index contributed by atoms with van der Waals surface area (Å²) in [5.74, 6) is 1.24. The lowest BCUT2D eigenvalue weighted by Crippen LogP contribution is -2.15. The molecule has 27 heavy (non-hydrogen) atoms. The Hall–Kier alpha value is -3.08. The number of aliphatic imine (C=N–C) groups is 1. The molecule has 2 heterocycles. The highest BCUT2D eigenvalue weighted by molar-refractivity contribution is 6.12. The van der Waals surface area contributed by atoms with Gasteiger partial charge in [-0.05, 0) is 46.9 Å². The van der Waals surface area contributed by atoms with E-state index in [0.717, 1.165) is 11.1 Å². The molecule has 0 saturated carbocycles. The fraction of sp³-hybridized carbons (Fsp3) is 0.273. The topological polar surface area (TPSA) is 57.1 Å². The molecule has 138 valence electrons. The number of cyclic esters (lactones) is 1. The molecule has 0 N–H and O–H groups in total. The summed E-state index contributed by atoms with van der Waals surface area (Å²) < 4.78 is 16.4.